The lowest BCUT2D eigenvalue weighted by molar-refractivity contribution is -0.117. The number of benzene rings is 2. The van der Waals surface area contributed by atoms with Gasteiger partial charge in [0, 0.05) is 6.54 Å². The third kappa shape index (κ3) is 3.54. The van der Waals surface area contributed by atoms with E-state index in [1.54, 1.807) is 0 Å². The summed E-state index contributed by atoms with van der Waals surface area (Å²) in [5.41, 5.74) is 5.10. The molecule has 0 saturated heterocycles. The van der Waals surface area contributed by atoms with Crippen molar-refractivity contribution in [3.05, 3.63) is 59.2 Å². The number of amidine groups is 1. The van der Waals surface area contributed by atoms with Crippen LogP contribution in [-0.4, -0.2) is 42.1 Å². The molecule has 2 aromatic rings. The first-order valence-electron chi connectivity index (χ1n) is 9.19. The second-order valence-corrected chi connectivity index (χ2v) is 6.88. The molecule has 1 unspecified atom stereocenters. The highest BCUT2D eigenvalue weighted by Crippen LogP contribution is 2.36. The first-order valence-corrected chi connectivity index (χ1v) is 9.19. The average Bonchev–Trinajstić information content (AvgIpc) is 2.67. The fourth-order valence-electron chi connectivity index (χ4n) is 3.27. The summed E-state index contributed by atoms with van der Waals surface area (Å²) in [5, 5.41) is 12.3. The Hall–Kier alpha value is -3.03. The van der Waals surface area contributed by atoms with Crippen LogP contribution in [0.2, 0.25) is 0 Å². The smallest absolute Gasteiger partial charge is 0.277 e. The second-order valence-electron chi connectivity index (χ2n) is 6.88. The first kappa shape index (κ1) is 18.3. The molecule has 1 amide bonds. The Labute approximate surface area is 163 Å². The Balaban J connectivity index is 1.59. The minimum Gasteiger partial charge on any atom is -0.375 e. The molecule has 0 aliphatic carbocycles. The first-order chi connectivity index (χ1) is 13.5. The number of nitrogens with zero attached hydrogens (tertiary/aromatic N) is 3. The van der Waals surface area contributed by atoms with Gasteiger partial charge in [-0.25, -0.2) is 9.98 Å². The van der Waals surface area contributed by atoms with E-state index >= 15 is 0 Å². The molecular weight excluding hydrogens is 356 g/mol. The molecule has 2 N–H and O–H groups in total. The number of aryl methyl sites for hydroxylation is 2. The van der Waals surface area contributed by atoms with E-state index in [1.807, 2.05) is 61.2 Å². The SMILES string of the molecule is Cc1cc2c(cc1C)N(CCOCc1ccccc1)C1=NC(O)NC(=O)C1=N2. The van der Waals surface area contributed by atoms with Gasteiger partial charge in [-0.2, -0.15) is 0 Å². The van der Waals surface area contributed by atoms with E-state index in [-0.39, 0.29) is 5.71 Å². The highest BCUT2D eigenvalue weighted by molar-refractivity contribution is 6.70. The number of ether oxygens (including phenoxy) is 1. The van der Waals surface area contributed by atoms with E-state index in [9.17, 15) is 9.90 Å². The summed E-state index contributed by atoms with van der Waals surface area (Å²) in [7, 11) is 0. The van der Waals surface area contributed by atoms with Gasteiger partial charge in [0.1, 0.15) is 0 Å². The predicted octanol–water partition coefficient (Wildman–Crippen LogP) is 2.22. The van der Waals surface area contributed by atoms with Crippen LogP contribution in [0.1, 0.15) is 16.7 Å². The summed E-state index contributed by atoms with van der Waals surface area (Å²) in [6.07, 6.45) is -1.28. The van der Waals surface area contributed by atoms with Crippen molar-refractivity contribution >= 4 is 28.8 Å². The van der Waals surface area contributed by atoms with E-state index in [0.717, 1.165) is 22.4 Å². The van der Waals surface area contributed by atoms with Crippen molar-refractivity contribution in [2.75, 3.05) is 18.1 Å². The van der Waals surface area contributed by atoms with Crippen molar-refractivity contribution in [3.8, 4) is 0 Å². The van der Waals surface area contributed by atoms with Gasteiger partial charge < -0.3 is 20.1 Å². The lowest BCUT2D eigenvalue weighted by Gasteiger charge is -2.34. The zero-order chi connectivity index (χ0) is 19.7. The van der Waals surface area contributed by atoms with Crippen LogP contribution in [0.5, 0.6) is 0 Å². The van der Waals surface area contributed by atoms with Crippen molar-refractivity contribution < 1.29 is 14.6 Å². The Kier molecular flexibility index (Phi) is 4.93. The zero-order valence-electron chi connectivity index (χ0n) is 15.8. The minimum absolute atomic E-state index is 0.212. The van der Waals surface area contributed by atoms with Crippen LogP contribution < -0.4 is 10.2 Å². The largest absolute Gasteiger partial charge is 0.375 e. The summed E-state index contributed by atoms with van der Waals surface area (Å²) in [6.45, 7) is 5.47. The molecule has 0 aromatic heterocycles. The number of aliphatic hydroxyl groups excluding tert-OH is 1. The molecule has 7 nitrogen and oxygen atoms in total. The van der Waals surface area contributed by atoms with Crippen LogP contribution >= 0.6 is 0 Å². The third-order valence-corrected chi connectivity index (χ3v) is 4.87. The molecule has 0 radical (unpaired) electrons. The number of rotatable bonds is 5. The molecule has 7 heteroatoms. The lowest BCUT2D eigenvalue weighted by atomic mass is 10.0. The molecule has 28 heavy (non-hydrogen) atoms. The van der Waals surface area contributed by atoms with E-state index < -0.39 is 12.3 Å². The van der Waals surface area contributed by atoms with Crippen molar-refractivity contribution in [1.29, 1.82) is 0 Å². The standard InChI is InChI=1S/C21H22N4O3/c1-13-10-16-17(11-14(13)2)25(8-9-28-12-15-6-4-3-5-7-15)19-18(22-16)20(26)24-21(27)23-19/h3-7,10-11,21,27H,8-9,12H2,1-2H3,(H,24,26). The highest BCUT2D eigenvalue weighted by atomic mass is 16.5. The van der Waals surface area contributed by atoms with E-state index in [0.29, 0.717) is 31.3 Å². The Bertz CT molecular complexity index is 969. The monoisotopic (exact) mass is 378 g/mol. The van der Waals surface area contributed by atoms with Gasteiger partial charge in [-0.15, -0.1) is 0 Å². The van der Waals surface area contributed by atoms with Crippen LogP contribution in [0, 0.1) is 13.8 Å². The fourth-order valence-corrected chi connectivity index (χ4v) is 3.27. The summed E-state index contributed by atoms with van der Waals surface area (Å²) in [5.74, 6) is -0.0631. The van der Waals surface area contributed by atoms with Gasteiger partial charge in [0.05, 0.1) is 24.6 Å². The maximum Gasteiger partial charge on any atom is 0.277 e. The molecule has 4 rings (SSSR count). The molecule has 0 bridgehead atoms. The fraction of sp³-hybridized carbons (Fsp3) is 0.286. The second kappa shape index (κ2) is 7.53. The van der Waals surface area contributed by atoms with Gasteiger partial charge >= 0.3 is 0 Å². The Morgan fingerprint density at radius 1 is 1.18 bits per heavy atom. The number of hydrogen-bond acceptors (Lipinski definition) is 6. The maximum atomic E-state index is 12.3. The molecule has 144 valence electrons. The van der Waals surface area contributed by atoms with Gasteiger partial charge in [-0.05, 0) is 42.7 Å². The molecule has 2 aliphatic heterocycles. The van der Waals surface area contributed by atoms with Gasteiger partial charge in [-0.3, -0.25) is 4.79 Å². The van der Waals surface area contributed by atoms with E-state index in [1.165, 1.54) is 0 Å². The van der Waals surface area contributed by atoms with Crippen LogP contribution in [0.3, 0.4) is 0 Å². The van der Waals surface area contributed by atoms with Crippen molar-refractivity contribution in [2.45, 2.75) is 26.8 Å². The summed E-state index contributed by atoms with van der Waals surface area (Å²) in [4.78, 5) is 22.9. The van der Waals surface area contributed by atoms with Crippen LogP contribution in [-0.2, 0) is 16.1 Å². The van der Waals surface area contributed by atoms with E-state index in [2.05, 4.69) is 15.3 Å². The molecule has 0 fully saturated rings. The molecular formula is C21H22N4O3. The summed E-state index contributed by atoms with van der Waals surface area (Å²) < 4.78 is 5.83. The molecule has 1 atom stereocenters. The molecule has 2 heterocycles. The van der Waals surface area contributed by atoms with Gasteiger partial charge in [0.15, 0.2) is 11.5 Å². The Morgan fingerprint density at radius 2 is 1.93 bits per heavy atom. The number of hydrogen-bond donors (Lipinski definition) is 2. The van der Waals surface area contributed by atoms with Crippen molar-refractivity contribution in [3.63, 3.8) is 0 Å². The average molecular weight is 378 g/mol. The van der Waals surface area contributed by atoms with Gasteiger partial charge in [0.2, 0.25) is 6.35 Å². The van der Waals surface area contributed by atoms with Gasteiger partial charge in [-0.1, -0.05) is 30.3 Å². The van der Waals surface area contributed by atoms with E-state index in [4.69, 9.17) is 4.74 Å². The zero-order valence-corrected chi connectivity index (χ0v) is 15.8. The molecule has 0 saturated carbocycles. The van der Waals surface area contributed by atoms with Crippen LogP contribution in [0.4, 0.5) is 11.4 Å². The number of aliphatic imine (C=N–C) groups is 2. The third-order valence-electron chi connectivity index (χ3n) is 4.87. The number of carbonyl (C=O) groups is 1. The number of anilines is 1. The number of carbonyl (C=O) groups excluding carboxylic acids is 1. The summed E-state index contributed by atoms with van der Waals surface area (Å²) >= 11 is 0. The molecule has 2 aromatic carbocycles. The highest BCUT2D eigenvalue weighted by Gasteiger charge is 2.35. The Morgan fingerprint density at radius 3 is 2.71 bits per heavy atom. The molecule has 0 spiro atoms. The minimum atomic E-state index is -1.28. The van der Waals surface area contributed by atoms with Crippen LogP contribution in [0.25, 0.3) is 0 Å². The number of amides is 1. The quantitative estimate of drug-likeness (QED) is 0.781. The predicted molar refractivity (Wildman–Crippen MR) is 108 cm³/mol. The normalized spacial score (nSPS) is 18.0. The maximum absolute atomic E-state index is 12.3. The number of fused-ring (bicyclic) bond motifs is 2. The number of nitrogens with one attached hydrogen (secondary N) is 1. The lowest BCUT2D eigenvalue weighted by Crippen LogP contribution is -2.54. The molecule has 2 aliphatic rings. The summed E-state index contributed by atoms with van der Waals surface area (Å²) in [6, 6.07) is 13.9. The number of aliphatic hydroxyl groups is 1. The van der Waals surface area contributed by atoms with Crippen molar-refractivity contribution in [1.82, 2.24) is 5.32 Å². The topological polar surface area (TPSA) is 86.5 Å². The van der Waals surface area contributed by atoms with Crippen LogP contribution in [0.15, 0.2) is 52.4 Å². The van der Waals surface area contributed by atoms with Gasteiger partial charge in [0.25, 0.3) is 5.91 Å². The van der Waals surface area contributed by atoms with Crippen molar-refractivity contribution in [2.24, 2.45) is 9.98 Å².